The highest BCUT2D eigenvalue weighted by atomic mass is 16.5. The first-order chi connectivity index (χ1) is 12.0. The quantitative estimate of drug-likeness (QED) is 0.717. The van der Waals surface area contributed by atoms with Crippen molar-refractivity contribution in [1.29, 1.82) is 0 Å². The van der Waals surface area contributed by atoms with Crippen LogP contribution < -0.4 is 10.8 Å². The van der Waals surface area contributed by atoms with E-state index in [-0.39, 0.29) is 0 Å². The van der Waals surface area contributed by atoms with Gasteiger partial charge < -0.3 is 20.1 Å². The van der Waals surface area contributed by atoms with Crippen molar-refractivity contribution in [2.24, 2.45) is 0 Å². The molecule has 130 valence electrons. The van der Waals surface area contributed by atoms with Crippen molar-refractivity contribution in [2.75, 3.05) is 11.9 Å². The van der Waals surface area contributed by atoms with Crippen LogP contribution in [0.15, 0.2) is 48.5 Å². The molecule has 1 unspecified atom stereocenters. The predicted octanol–water partition coefficient (Wildman–Crippen LogP) is 1.27. The molecule has 0 spiro atoms. The topological polar surface area (TPSA) is 78.8 Å². The molecule has 1 amide bonds. The molecule has 1 aliphatic heterocycles. The Bertz CT molecular complexity index is 748. The lowest BCUT2D eigenvalue weighted by atomic mass is 9.73. The lowest BCUT2D eigenvalue weighted by Crippen LogP contribution is -2.43. The lowest BCUT2D eigenvalue weighted by molar-refractivity contribution is -0.132. The fourth-order valence-corrected chi connectivity index (χ4v) is 2.91. The van der Waals surface area contributed by atoms with Gasteiger partial charge in [-0.25, -0.2) is 0 Å². The molecule has 3 N–H and O–H groups in total. The van der Waals surface area contributed by atoms with Crippen LogP contribution in [0.2, 0.25) is 0 Å². The number of hydrogen-bond donors (Lipinski definition) is 3. The van der Waals surface area contributed by atoms with Crippen LogP contribution in [0.1, 0.15) is 24.5 Å². The van der Waals surface area contributed by atoms with Crippen LogP contribution >= 0.6 is 0 Å². The minimum absolute atomic E-state index is 0.319. The number of nitrogens with one attached hydrogen (secondary N) is 1. The van der Waals surface area contributed by atoms with Gasteiger partial charge in [0.15, 0.2) is 0 Å². The molecule has 0 saturated carbocycles. The van der Waals surface area contributed by atoms with Crippen molar-refractivity contribution < 1.29 is 19.6 Å². The van der Waals surface area contributed by atoms with E-state index < -0.39 is 18.6 Å². The fourth-order valence-electron chi connectivity index (χ4n) is 2.91. The first-order valence-corrected chi connectivity index (χ1v) is 8.46. The molecule has 0 bridgehead atoms. The Hall–Kier alpha value is -2.15. The number of carbonyl (C=O) groups is 1. The third-order valence-electron chi connectivity index (χ3n) is 4.55. The Labute approximate surface area is 147 Å². The van der Waals surface area contributed by atoms with Crippen LogP contribution in [0.25, 0.3) is 0 Å². The second-order valence-corrected chi connectivity index (χ2v) is 6.60. The highest BCUT2D eigenvalue weighted by Gasteiger charge is 2.31. The fraction of sp³-hybridized carbons (Fsp3) is 0.316. The van der Waals surface area contributed by atoms with Gasteiger partial charge in [-0.2, -0.15) is 0 Å². The van der Waals surface area contributed by atoms with Gasteiger partial charge in [0, 0.05) is 12.3 Å². The monoisotopic (exact) mass is 339 g/mol. The maximum absolute atomic E-state index is 12.5. The summed E-state index contributed by atoms with van der Waals surface area (Å²) in [5.41, 5.74) is 1.79. The number of aryl methyl sites for hydroxylation is 1. The summed E-state index contributed by atoms with van der Waals surface area (Å²) in [7, 11) is -0.973. The van der Waals surface area contributed by atoms with Crippen molar-refractivity contribution in [3.8, 4) is 0 Å². The van der Waals surface area contributed by atoms with Gasteiger partial charge in [-0.3, -0.25) is 4.79 Å². The van der Waals surface area contributed by atoms with Crippen molar-refractivity contribution in [1.82, 2.24) is 0 Å². The maximum Gasteiger partial charge on any atom is 0.491 e. The predicted molar refractivity (Wildman–Crippen MR) is 97.7 cm³/mol. The molecule has 0 aliphatic carbocycles. The van der Waals surface area contributed by atoms with E-state index in [1.807, 2.05) is 36.4 Å². The van der Waals surface area contributed by atoms with E-state index >= 15 is 0 Å². The van der Waals surface area contributed by atoms with Gasteiger partial charge in [-0.1, -0.05) is 36.4 Å². The largest absolute Gasteiger partial charge is 0.491 e. The zero-order chi connectivity index (χ0) is 17.9. The van der Waals surface area contributed by atoms with Crippen molar-refractivity contribution in [2.45, 2.75) is 31.8 Å². The SMILES string of the molecule is CC(O)(CCc1ccccc1)C(=O)Nc1ccc2c(c1)B(O)OCC2. The number of fused-ring (bicyclic) bond motifs is 1. The zero-order valence-corrected chi connectivity index (χ0v) is 14.2. The second-order valence-electron chi connectivity index (χ2n) is 6.60. The molecule has 1 aliphatic rings. The van der Waals surface area contributed by atoms with Crippen LogP contribution in [-0.2, 0) is 22.3 Å². The maximum atomic E-state index is 12.5. The summed E-state index contributed by atoms with van der Waals surface area (Å²) in [6.45, 7) is 2.00. The molecule has 1 atom stereocenters. The summed E-state index contributed by atoms with van der Waals surface area (Å²) in [5.74, 6) is -0.463. The summed E-state index contributed by atoms with van der Waals surface area (Å²) >= 11 is 0. The molecule has 0 radical (unpaired) electrons. The standard InChI is InChI=1S/C19H22BNO4/c1-19(23,11-9-14-5-3-2-4-6-14)18(22)21-16-8-7-15-10-12-25-20(24)17(15)13-16/h2-8,13,23-24H,9-12H2,1H3,(H,21,22). The Morgan fingerprint density at radius 1 is 1.28 bits per heavy atom. The van der Waals surface area contributed by atoms with Crippen molar-refractivity contribution >= 4 is 24.2 Å². The Morgan fingerprint density at radius 2 is 2.04 bits per heavy atom. The molecule has 1 heterocycles. The van der Waals surface area contributed by atoms with E-state index in [2.05, 4.69) is 5.32 Å². The summed E-state index contributed by atoms with van der Waals surface area (Å²) in [6.07, 6.45) is 1.66. The lowest BCUT2D eigenvalue weighted by Gasteiger charge is -2.24. The molecule has 0 saturated heterocycles. The number of carbonyl (C=O) groups excluding carboxylic acids is 1. The summed E-state index contributed by atoms with van der Waals surface area (Å²) < 4.78 is 5.21. The number of benzene rings is 2. The van der Waals surface area contributed by atoms with E-state index in [1.54, 1.807) is 12.1 Å². The average Bonchev–Trinajstić information content (AvgIpc) is 2.62. The van der Waals surface area contributed by atoms with E-state index in [4.69, 9.17) is 4.65 Å². The summed E-state index contributed by atoms with van der Waals surface area (Å²) in [5, 5.41) is 23.1. The molecule has 5 nitrogen and oxygen atoms in total. The van der Waals surface area contributed by atoms with E-state index in [1.165, 1.54) is 6.92 Å². The first-order valence-electron chi connectivity index (χ1n) is 8.46. The summed E-state index contributed by atoms with van der Waals surface area (Å²) in [4.78, 5) is 12.5. The average molecular weight is 339 g/mol. The molecule has 2 aromatic carbocycles. The molecule has 3 rings (SSSR count). The Kier molecular flexibility index (Phi) is 5.23. The van der Waals surface area contributed by atoms with Gasteiger partial charge >= 0.3 is 7.12 Å². The van der Waals surface area contributed by atoms with Gasteiger partial charge in [0.1, 0.15) is 5.60 Å². The third kappa shape index (κ3) is 4.28. The van der Waals surface area contributed by atoms with Crippen LogP contribution in [0.5, 0.6) is 0 Å². The number of anilines is 1. The van der Waals surface area contributed by atoms with Crippen LogP contribution in [0, 0.1) is 0 Å². The van der Waals surface area contributed by atoms with E-state index in [9.17, 15) is 14.9 Å². The third-order valence-corrected chi connectivity index (χ3v) is 4.55. The van der Waals surface area contributed by atoms with Crippen LogP contribution in [-0.4, -0.2) is 35.4 Å². The molecular weight excluding hydrogens is 317 g/mol. The minimum Gasteiger partial charge on any atom is -0.423 e. The first kappa shape index (κ1) is 17.7. The second kappa shape index (κ2) is 7.39. The van der Waals surface area contributed by atoms with Crippen LogP contribution in [0.4, 0.5) is 5.69 Å². The number of aliphatic hydroxyl groups is 1. The van der Waals surface area contributed by atoms with Gasteiger partial charge in [0.05, 0.1) is 0 Å². The molecule has 6 heteroatoms. The smallest absolute Gasteiger partial charge is 0.423 e. The van der Waals surface area contributed by atoms with Gasteiger partial charge in [0.25, 0.3) is 5.91 Å². The van der Waals surface area contributed by atoms with Crippen LogP contribution in [0.3, 0.4) is 0 Å². The Balaban J connectivity index is 1.65. The number of amides is 1. The molecule has 25 heavy (non-hydrogen) atoms. The zero-order valence-electron chi connectivity index (χ0n) is 14.2. The minimum atomic E-state index is -1.49. The number of hydrogen-bond acceptors (Lipinski definition) is 4. The normalized spacial score (nSPS) is 16.0. The van der Waals surface area contributed by atoms with Gasteiger partial charge in [-0.15, -0.1) is 0 Å². The number of rotatable bonds is 5. The van der Waals surface area contributed by atoms with Gasteiger partial charge in [-0.05, 0) is 54.9 Å². The molecular formula is C19H22BNO4. The highest BCUT2D eigenvalue weighted by molar-refractivity contribution is 6.61. The highest BCUT2D eigenvalue weighted by Crippen LogP contribution is 2.18. The summed E-state index contributed by atoms with van der Waals surface area (Å²) in [6, 6.07) is 15.1. The van der Waals surface area contributed by atoms with Crippen molar-refractivity contribution in [3.63, 3.8) is 0 Å². The Morgan fingerprint density at radius 3 is 2.80 bits per heavy atom. The van der Waals surface area contributed by atoms with Crippen molar-refractivity contribution in [3.05, 3.63) is 59.7 Å². The van der Waals surface area contributed by atoms with Gasteiger partial charge in [0.2, 0.25) is 0 Å². The van der Waals surface area contributed by atoms with E-state index in [0.717, 1.165) is 17.5 Å². The molecule has 0 fully saturated rings. The van der Waals surface area contributed by atoms with E-state index in [0.29, 0.717) is 30.6 Å². The molecule has 2 aromatic rings. The molecule has 0 aromatic heterocycles.